The van der Waals surface area contributed by atoms with Crippen LogP contribution in [0, 0.1) is 5.92 Å². The summed E-state index contributed by atoms with van der Waals surface area (Å²) in [5, 5.41) is 2.87. The van der Waals surface area contributed by atoms with Crippen molar-refractivity contribution < 1.29 is 9.53 Å². The standard InChI is InChI=1S/C13H28N2O2/c1-5-11(4)12(14)13(16)15-8-6-7-9-17-10(2)3/h10-12H,5-9,14H2,1-4H3,(H,15,16)/t11?,12-/m0/s1. The molecule has 4 nitrogen and oxygen atoms in total. The van der Waals surface area contributed by atoms with Crippen LogP contribution in [0.2, 0.25) is 0 Å². The van der Waals surface area contributed by atoms with Crippen molar-refractivity contribution in [2.24, 2.45) is 11.7 Å². The zero-order valence-corrected chi connectivity index (χ0v) is 11.7. The monoisotopic (exact) mass is 244 g/mol. The van der Waals surface area contributed by atoms with Crippen molar-refractivity contribution in [1.29, 1.82) is 0 Å². The summed E-state index contributed by atoms with van der Waals surface area (Å²) >= 11 is 0. The number of carbonyl (C=O) groups excluding carboxylic acids is 1. The molecule has 0 rings (SSSR count). The molecule has 0 aromatic heterocycles. The second-order valence-corrected chi connectivity index (χ2v) is 4.83. The van der Waals surface area contributed by atoms with Crippen molar-refractivity contribution >= 4 is 5.91 Å². The largest absolute Gasteiger partial charge is 0.379 e. The molecule has 0 aliphatic heterocycles. The van der Waals surface area contributed by atoms with E-state index in [1.807, 2.05) is 27.7 Å². The number of hydrogen-bond donors (Lipinski definition) is 2. The average molecular weight is 244 g/mol. The van der Waals surface area contributed by atoms with Crippen LogP contribution in [-0.4, -0.2) is 31.2 Å². The highest BCUT2D eigenvalue weighted by atomic mass is 16.5. The molecule has 0 saturated heterocycles. The lowest BCUT2D eigenvalue weighted by Crippen LogP contribution is -2.44. The fourth-order valence-electron chi connectivity index (χ4n) is 1.39. The van der Waals surface area contributed by atoms with Crippen molar-refractivity contribution in [1.82, 2.24) is 5.32 Å². The first-order chi connectivity index (χ1) is 7.99. The topological polar surface area (TPSA) is 64.4 Å². The lowest BCUT2D eigenvalue weighted by Gasteiger charge is -2.17. The third-order valence-corrected chi connectivity index (χ3v) is 2.88. The third kappa shape index (κ3) is 8.16. The molecular weight excluding hydrogens is 216 g/mol. The van der Waals surface area contributed by atoms with E-state index in [0.717, 1.165) is 25.9 Å². The molecule has 0 spiro atoms. The first-order valence-corrected chi connectivity index (χ1v) is 6.63. The van der Waals surface area contributed by atoms with Gasteiger partial charge in [-0.2, -0.15) is 0 Å². The summed E-state index contributed by atoms with van der Waals surface area (Å²) in [4.78, 5) is 11.6. The Bertz CT molecular complexity index is 208. The van der Waals surface area contributed by atoms with Gasteiger partial charge >= 0.3 is 0 Å². The van der Waals surface area contributed by atoms with Gasteiger partial charge in [0.25, 0.3) is 0 Å². The molecule has 0 saturated carbocycles. The van der Waals surface area contributed by atoms with Gasteiger partial charge in [0.2, 0.25) is 5.91 Å². The molecule has 1 unspecified atom stereocenters. The highest BCUT2D eigenvalue weighted by Crippen LogP contribution is 2.05. The summed E-state index contributed by atoms with van der Waals surface area (Å²) in [6.45, 7) is 9.52. The Morgan fingerprint density at radius 2 is 1.94 bits per heavy atom. The van der Waals surface area contributed by atoms with E-state index in [9.17, 15) is 4.79 Å². The fourth-order valence-corrected chi connectivity index (χ4v) is 1.39. The molecule has 4 heteroatoms. The number of amides is 1. The molecule has 102 valence electrons. The maximum Gasteiger partial charge on any atom is 0.237 e. The van der Waals surface area contributed by atoms with Gasteiger partial charge in [0, 0.05) is 13.2 Å². The van der Waals surface area contributed by atoms with E-state index in [-0.39, 0.29) is 24.0 Å². The van der Waals surface area contributed by atoms with E-state index in [2.05, 4.69) is 5.32 Å². The fraction of sp³-hybridized carbons (Fsp3) is 0.923. The van der Waals surface area contributed by atoms with E-state index in [1.54, 1.807) is 0 Å². The van der Waals surface area contributed by atoms with Crippen LogP contribution in [-0.2, 0) is 9.53 Å². The number of rotatable bonds is 9. The molecule has 3 N–H and O–H groups in total. The van der Waals surface area contributed by atoms with Crippen LogP contribution < -0.4 is 11.1 Å². The zero-order valence-electron chi connectivity index (χ0n) is 11.7. The zero-order chi connectivity index (χ0) is 13.3. The Labute approximate surface area is 105 Å². The molecule has 0 aromatic rings. The quantitative estimate of drug-likeness (QED) is 0.607. The Morgan fingerprint density at radius 3 is 2.47 bits per heavy atom. The summed E-state index contributed by atoms with van der Waals surface area (Å²) in [6, 6.07) is -0.382. The Hall–Kier alpha value is -0.610. The number of carbonyl (C=O) groups is 1. The molecule has 2 atom stereocenters. The number of hydrogen-bond acceptors (Lipinski definition) is 3. The average Bonchev–Trinajstić information content (AvgIpc) is 2.30. The SMILES string of the molecule is CCC(C)[C@H](N)C(=O)NCCCCOC(C)C. The Kier molecular flexibility index (Phi) is 9.09. The Balaban J connectivity index is 3.51. The summed E-state index contributed by atoms with van der Waals surface area (Å²) in [6.07, 6.45) is 3.11. The summed E-state index contributed by atoms with van der Waals surface area (Å²) < 4.78 is 5.41. The highest BCUT2D eigenvalue weighted by molar-refractivity contribution is 5.81. The van der Waals surface area contributed by atoms with Crippen molar-refractivity contribution in [2.75, 3.05) is 13.2 Å². The minimum atomic E-state index is -0.382. The number of nitrogens with one attached hydrogen (secondary N) is 1. The van der Waals surface area contributed by atoms with Crippen LogP contribution in [0.4, 0.5) is 0 Å². The van der Waals surface area contributed by atoms with Gasteiger partial charge in [-0.25, -0.2) is 0 Å². The van der Waals surface area contributed by atoms with Crippen molar-refractivity contribution in [3.05, 3.63) is 0 Å². The molecular formula is C13H28N2O2. The van der Waals surface area contributed by atoms with E-state index in [1.165, 1.54) is 0 Å². The van der Waals surface area contributed by atoms with Gasteiger partial charge in [-0.3, -0.25) is 4.79 Å². The van der Waals surface area contributed by atoms with Gasteiger partial charge in [0.1, 0.15) is 0 Å². The lowest BCUT2D eigenvalue weighted by atomic mass is 9.99. The van der Waals surface area contributed by atoms with Gasteiger partial charge in [0.05, 0.1) is 12.1 Å². The van der Waals surface area contributed by atoms with Gasteiger partial charge in [0.15, 0.2) is 0 Å². The van der Waals surface area contributed by atoms with Gasteiger partial charge in [-0.15, -0.1) is 0 Å². The van der Waals surface area contributed by atoms with Gasteiger partial charge < -0.3 is 15.8 Å². The van der Waals surface area contributed by atoms with E-state index < -0.39 is 0 Å². The minimum Gasteiger partial charge on any atom is -0.379 e. The van der Waals surface area contributed by atoms with E-state index in [0.29, 0.717) is 6.54 Å². The second-order valence-electron chi connectivity index (χ2n) is 4.83. The molecule has 0 aliphatic rings. The van der Waals surface area contributed by atoms with Gasteiger partial charge in [-0.1, -0.05) is 20.3 Å². The maximum absolute atomic E-state index is 11.6. The highest BCUT2D eigenvalue weighted by Gasteiger charge is 2.18. The Morgan fingerprint density at radius 1 is 1.29 bits per heavy atom. The molecule has 0 aromatic carbocycles. The normalized spacial score (nSPS) is 14.7. The van der Waals surface area contributed by atoms with Gasteiger partial charge in [-0.05, 0) is 32.6 Å². The van der Waals surface area contributed by atoms with Crippen LogP contribution in [0.3, 0.4) is 0 Å². The molecule has 0 radical (unpaired) electrons. The molecule has 0 heterocycles. The number of nitrogens with two attached hydrogens (primary N) is 1. The first-order valence-electron chi connectivity index (χ1n) is 6.63. The number of unbranched alkanes of at least 4 members (excludes halogenated alkanes) is 1. The summed E-state index contributed by atoms with van der Waals surface area (Å²) in [7, 11) is 0. The third-order valence-electron chi connectivity index (χ3n) is 2.88. The molecule has 0 fully saturated rings. The van der Waals surface area contributed by atoms with E-state index >= 15 is 0 Å². The molecule has 1 amide bonds. The predicted octanol–water partition coefficient (Wildman–Crippen LogP) is 1.68. The van der Waals surface area contributed by atoms with Crippen LogP contribution in [0.1, 0.15) is 47.0 Å². The summed E-state index contributed by atoms with van der Waals surface area (Å²) in [5.74, 6) is 0.198. The van der Waals surface area contributed by atoms with Crippen molar-refractivity contribution in [3.63, 3.8) is 0 Å². The number of ether oxygens (including phenoxy) is 1. The van der Waals surface area contributed by atoms with Crippen LogP contribution in [0.15, 0.2) is 0 Å². The lowest BCUT2D eigenvalue weighted by molar-refractivity contribution is -0.123. The predicted molar refractivity (Wildman–Crippen MR) is 70.8 cm³/mol. The van der Waals surface area contributed by atoms with Crippen LogP contribution >= 0.6 is 0 Å². The second kappa shape index (κ2) is 9.42. The van der Waals surface area contributed by atoms with Crippen LogP contribution in [0.5, 0.6) is 0 Å². The smallest absolute Gasteiger partial charge is 0.237 e. The molecule has 0 aliphatic carbocycles. The molecule has 0 bridgehead atoms. The summed E-state index contributed by atoms with van der Waals surface area (Å²) in [5.41, 5.74) is 5.82. The van der Waals surface area contributed by atoms with Crippen molar-refractivity contribution in [2.45, 2.75) is 59.1 Å². The minimum absolute atomic E-state index is 0.0378. The van der Waals surface area contributed by atoms with E-state index in [4.69, 9.17) is 10.5 Å². The van der Waals surface area contributed by atoms with Crippen LogP contribution in [0.25, 0.3) is 0 Å². The molecule has 17 heavy (non-hydrogen) atoms. The maximum atomic E-state index is 11.6. The van der Waals surface area contributed by atoms with Crippen molar-refractivity contribution in [3.8, 4) is 0 Å². The first kappa shape index (κ1) is 16.4.